The first kappa shape index (κ1) is 24.3. The summed E-state index contributed by atoms with van der Waals surface area (Å²) in [6.45, 7) is -0.385. The van der Waals surface area contributed by atoms with Crippen LogP contribution in [0.4, 0.5) is 13.2 Å². The highest BCUT2D eigenvalue weighted by Crippen LogP contribution is 2.31. The Kier molecular flexibility index (Phi) is 7.37. The number of benzene rings is 2. The number of halogens is 3. The molecule has 0 saturated heterocycles. The van der Waals surface area contributed by atoms with Gasteiger partial charge in [-0.1, -0.05) is 18.2 Å². The van der Waals surface area contributed by atoms with Gasteiger partial charge in [0.05, 0.1) is 36.9 Å². The van der Waals surface area contributed by atoms with E-state index in [9.17, 15) is 18.7 Å². The number of rotatable bonds is 9. The van der Waals surface area contributed by atoms with Crippen LogP contribution in [-0.2, 0) is 11.3 Å². The molecule has 0 unspecified atom stereocenters. The number of ether oxygens (including phenoxy) is 1. The van der Waals surface area contributed by atoms with E-state index >= 15 is 4.39 Å². The molecule has 1 aromatic heterocycles. The number of aliphatic hydroxyl groups is 1. The van der Waals surface area contributed by atoms with Crippen molar-refractivity contribution in [2.24, 2.45) is 4.99 Å². The Hall–Kier alpha value is -3.83. The van der Waals surface area contributed by atoms with Crippen molar-refractivity contribution < 1.29 is 27.8 Å². The van der Waals surface area contributed by atoms with Gasteiger partial charge in [-0.05, 0) is 29.8 Å². The van der Waals surface area contributed by atoms with Crippen molar-refractivity contribution in [2.75, 3.05) is 20.3 Å². The smallest absolute Gasteiger partial charge is 0.252 e. The van der Waals surface area contributed by atoms with Gasteiger partial charge in [0.1, 0.15) is 36.1 Å². The average Bonchev–Trinajstić information content (AvgIpc) is 3.50. The number of amides is 1. The van der Waals surface area contributed by atoms with Gasteiger partial charge >= 0.3 is 0 Å². The third kappa shape index (κ3) is 5.15. The van der Waals surface area contributed by atoms with Crippen LogP contribution in [0.5, 0.6) is 0 Å². The van der Waals surface area contributed by atoms with Crippen LogP contribution >= 0.6 is 0 Å². The van der Waals surface area contributed by atoms with Crippen molar-refractivity contribution in [3.05, 3.63) is 89.3 Å². The van der Waals surface area contributed by atoms with E-state index in [-0.39, 0.29) is 35.5 Å². The molecular weight excluding hydrogens is 463 g/mol. The average molecular weight is 485 g/mol. The van der Waals surface area contributed by atoms with E-state index in [0.717, 1.165) is 6.07 Å². The Balaban J connectivity index is 1.66. The number of aliphatic hydroxyl groups excluding tert-OH is 1. The first-order valence-electron chi connectivity index (χ1n) is 10.7. The van der Waals surface area contributed by atoms with E-state index in [1.165, 1.54) is 60.8 Å². The molecule has 11 heteroatoms. The Labute approximate surface area is 198 Å². The zero-order valence-corrected chi connectivity index (χ0v) is 18.7. The van der Waals surface area contributed by atoms with Crippen molar-refractivity contribution in [1.82, 2.24) is 20.1 Å². The van der Waals surface area contributed by atoms with Gasteiger partial charge in [-0.3, -0.25) is 14.5 Å². The van der Waals surface area contributed by atoms with Gasteiger partial charge in [-0.25, -0.2) is 18.2 Å². The van der Waals surface area contributed by atoms with Gasteiger partial charge in [-0.2, -0.15) is 5.10 Å². The van der Waals surface area contributed by atoms with Gasteiger partial charge in [0.25, 0.3) is 5.91 Å². The normalized spacial score (nSPS) is 15.2. The van der Waals surface area contributed by atoms with Crippen molar-refractivity contribution in [3.63, 3.8) is 0 Å². The molecule has 3 aromatic rings. The van der Waals surface area contributed by atoms with Crippen LogP contribution in [0.2, 0.25) is 0 Å². The molecule has 0 aliphatic carbocycles. The summed E-state index contributed by atoms with van der Waals surface area (Å²) in [5.41, 5.74) is -0.166. The number of hydrogen-bond donors (Lipinski definition) is 2. The minimum Gasteiger partial charge on any atom is -0.394 e. The number of hydrogen-bond acceptors (Lipinski definition) is 6. The van der Waals surface area contributed by atoms with Gasteiger partial charge in [0.15, 0.2) is 5.83 Å². The molecule has 1 aliphatic heterocycles. The lowest BCUT2D eigenvalue weighted by Gasteiger charge is -2.26. The minimum absolute atomic E-state index is 0.0899. The van der Waals surface area contributed by atoms with Crippen molar-refractivity contribution in [2.45, 2.75) is 18.7 Å². The first-order valence-corrected chi connectivity index (χ1v) is 10.7. The van der Waals surface area contributed by atoms with Crippen LogP contribution in [0.15, 0.2) is 65.9 Å². The third-order valence-corrected chi connectivity index (χ3v) is 5.65. The first-order chi connectivity index (χ1) is 16.9. The van der Waals surface area contributed by atoms with Crippen LogP contribution in [0, 0.1) is 11.6 Å². The van der Waals surface area contributed by atoms with Gasteiger partial charge in [0, 0.05) is 12.7 Å². The van der Waals surface area contributed by atoms with Gasteiger partial charge < -0.3 is 15.2 Å². The molecule has 0 spiro atoms. The van der Waals surface area contributed by atoms with Crippen LogP contribution in [0.1, 0.15) is 21.5 Å². The lowest BCUT2D eigenvalue weighted by Crippen LogP contribution is -2.48. The second kappa shape index (κ2) is 10.6. The number of nitrogens with one attached hydrogen (secondary N) is 1. The molecule has 0 bridgehead atoms. The summed E-state index contributed by atoms with van der Waals surface area (Å²) in [6.07, 6.45) is 1.95. The van der Waals surface area contributed by atoms with E-state index in [0.29, 0.717) is 5.56 Å². The lowest BCUT2D eigenvalue weighted by molar-refractivity contribution is 0.0166. The molecular formula is C24H22F3N5O3. The maximum absolute atomic E-state index is 15.4. The predicted molar refractivity (Wildman–Crippen MR) is 121 cm³/mol. The van der Waals surface area contributed by atoms with E-state index in [1.807, 2.05) is 0 Å². The molecule has 2 aromatic carbocycles. The largest absolute Gasteiger partial charge is 0.394 e. The molecule has 182 valence electrons. The second-order valence-corrected chi connectivity index (χ2v) is 7.78. The Morgan fingerprint density at radius 1 is 1.20 bits per heavy atom. The quantitative estimate of drug-likeness (QED) is 0.485. The Morgan fingerprint density at radius 3 is 2.63 bits per heavy atom. The maximum atomic E-state index is 15.4. The maximum Gasteiger partial charge on any atom is 0.252 e. The fourth-order valence-corrected chi connectivity index (χ4v) is 3.85. The molecule has 35 heavy (non-hydrogen) atoms. The van der Waals surface area contributed by atoms with E-state index < -0.39 is 42.1 Å². The number of allylic oxidation sites excluding steroid dienone is 1. The molecule has 2 atom stereocenters. The zero-order valence-electron chi connectivity index (χ0n) is 18.7. The molecule has 8 nitrogen and oxygen atoms in total. The van der Waals surface area contributed by atoms with E-state index in [4.69, 9.17) is 4.74 Å². The molecule has 2 N–H and O–H groups in total. The fraction of sp³-hybridized carbons (Fsp3) is 0.250. The molecule has 1 amide bonds. The highest BCUT2D eigenvalue weighted by atomic mass is 19.1. The summed E-state index contributed by atoms with van der Waals surface area (Å²) in [7, 11) is 1.37. The van der Waals surface area contributed by atoms with Crippen LogP contribution in [0.3, 0.4) is 0 Å². The summed E-state index contributed by atoms with van der Waals surface area (Å²) < 4.78 is 50.3. The van der Waals surface area contributed by atoms with Gasteiger partial charge in [-0.15, -0.1) is 0 Å². The number of carbonyl (C=O) groups is 1. The number of nitrogens with zero attached hydrogens (tertiary/aromatic N) is 4. The molecule has 0 fully saturated rings. The van der Waals surface area contributed by atoms with Crippen LogP contribution in [0.25, 0.3) is 5.57 Å². The number of aliphatic imine (C=N–C) groups is 1. The van der Waals surface area contributed by atoms with E-state index in [2.05, 4.69) is 20.4 Å². The Bertz CT molecular complexity index is 1260. The van der Waals surface area contributed by atoms with Crippen LogP contribution < -0.4 is 5.32 Å². The summed E-state index contributed by atoms with van der Waals surface area (Å²) in [5.74, 6) is -2.81. The summed E-state index contributed by atoms with van der Waals surface area (Å²) in [5, 5.41) is 16.4. The zero-order chi connectivity index (χ0) is 24.9. The standard InChI is InChI=1S/C24H22F3N5O3/c1-35-20(11-33)19(10-32-13-28-12-30-32)31-24(34)16-3-2-4-18(26)21(16)23-22(27)17(9-29-23)14-5-7-15(25)8-6-14/h2-8,12-13,19-20,33H,9-11H2,1H3,(H,31,34)/t19-,20-/m1/s1. The van der Waals surface area contributed by atoms with Crippen molar-refractivity contribution in [3.8, 4) is 0 Å². The lowest BCUT2D eigenvalue weighted by atomic mass is 9.98. The fourth-order valence-electron chi connectivity index (χ4n) is 3.85. The highest BCUT2D eigenvalue weighted by molar-refractivity contribution is 6.21. The SMILES string of the molecule is CO[C@H](CO)[C@@H](Cn1cncn1)NC(=O)c1cccc(F)c1C1=NCC(c2ccc(F)cc2)=C1F. The van der Waals surface area contributed by atoms with E-state index in [1.54, 1.807) is 0 Å². The monoisotopic (exact) mass is 485 g/mol. The highest BCUT2D eigenvalue weighted by Gasteiger charge is 2.30. The van der Waals surface area contributed by atoms with Crippen LogP contribution in [-0.4, -0.2) is 63.9 Å². The summed E-state index contributed by atoms with van der Waals surface area (Å²) >= 11 is 0. The summed E-state index contributed by atoms with van der Waals surface area (Å²) in [6, 6.07) is 8.23. The molecule has 0 radical (unpaired) electrons. The van der Waals surface area contributed by atoms with Crippen molar-refractivity contribution >= 4 is 17.2 Å². The third-order valence-electron chi connectivity index (χ3n) is 5.65. The number of carbonyl (C=O) groups excluding carboxylic acids is 1. The number of methoxy groups -OCH3 is 1. The Morgan fingerprint density at radius 2 is 1.97 bits per heavy atom. The molecule has 1 aliphatic rings. The van der Waals surface area contributed by atoms with Gasteiger partial charge in [0.2, 0.25) is 0 Å². The molecule has 2 heterocycles. The number of aromatic nitrogens is 3. The second-order valence-electron chi connectivity index (χ2n) is 7.78. The predicted octanol–water partition coefficient (Wildman–Crippen LogP) is 2.55. The molecule has 4 rings (SSSR count). The minimum atomic E-state index is -0.829. The molecule has 0 saturated carbocycles. The topological polar surface area (TPSA) is 102 Å². The van der Waals surface area contributed by atoms with Crippen molar-refractivity contribution in [1.29, 1.82) is 0 Å². The summed E-state index contributed by atoms with van der Waals surface area (Å²) in [4.78, 5) is 21.2.